The number of anilines is 2. The van der Waals surface area contributed by atoms with Gasteiger partial charge in [0.25, 0.3) is 0 Å². The third kappa shape index (κ3) is 3.71. The fraction of sp³-hybridized carbons (Fsp3) is 0.273. The SMILES string of the molecule is CCCCCCN1c2ccc(C=O)cc2C=Cc2cc(C=O)ccc21. The highest BCUT2D eigenvalue weighted by Gasteiger charge is 2.18. The number of rotatable bonds is 7. The van der Waals surface area contributed by atoms with Crippen LogP contribution in [0.2, 0.25) is 0 Å². The van der Waals surface area contributed by atoms with Gasteiger partial charge in [-0.05, 0) is 53.9 Å². The molecule has 128 valence electrons. The number of carbonyl (C=O) groups excluding carboxylic acids is 2. The largest absolute Gasteiger partial charge is 0.341 e. The first-order chi connectivity index (χ1) is 12.3. The molecule has 0 bridgehead atoms. The van der Waals surface area contributed by atoms with Crippen molar-refractivity contribution in [1.82, 2.24) is 0 Å². The Morgan fingerprint density at radius 1 is 0.800 bits per heavy atom. The van der Waals surface area contributed by atoms with E-state index in [2.05, 4.69) is 11.8 Å². The molecule has 0 spiro atoms. The van der Waals surface area contributed by atoms with Crippen LogP contribution in [0.4, 0.5) is 11.4 Å². The van der Waals surface area contributed by atoms with Crippen LogP contribution >= 0.6 is 0 Å². The van der Waals surface area contributed by atoms with E-state index in [-0.39, 0.29) is 0 Å². The molecule has 0 saturated heterocycles. The second-order valence-electron chi connectivity index (χ2n) is 6.42. The topological polar surface area (TPSA) is 37.4 Å². The molecule has 3 heteroatoms. The van der Waals surface area contributed by atoms with E-state index in [9.17, 15) is 9.59 Å². The maximum absolute atomic E-state index is 11.1. The zero-order valence-corrected chi connectivity index (χ0v) is 14.6. The van der Waals surface area contributed by atoms with Crippen LogP contribution in [0.1, 0.15) is 64.4 Å². The number of carbonyl (C=O) groups is 2. The first-order valence-corrected chi connectivity index (χ1v) is 8.91. The molecule has 0 fully saturated rings. The molecule has 0 saturated carbocycles. The minimum Gasteiger partial charge on any atom is -0.341 e. The molecule has 0 aliphatic carbocycles. The summed E-state index contributed by atoms with van der Waals surface area (Å²) in [5.41, 5.74) is 5.63. The van der Waals surface area contributed by atoms with Gasteiger partial charge in [-0.25, -0.2) is 0 Å². The van der Waals surface area contributed by atoms with Gasteiger partial charge in [0.05, 0.1) is 0 Å². The highest BCUT2D eigenvalue weighted by atomic mass is 16.1. The summed E-state index contributed by atoms with van der Waals surface area (Å²) in [5.74, 6) is 0. The number of benzene rings is 2. The summed E-state index contributed by atoms with van der Waals surface area (Å²) in [6.45, 7) is 3.13. The predicted octanol–water partition coefficient (Wildman–Crippen LogP) is 5.51. The van der Waals surface area contributed by atoms with Crippen molar-refractivity contribution in [2.24, 2.45) is 0 Å². The lowest BCUT2D eigenvalue weighted by atomic mass is 10.1. The molecule has 25 heavy (non-hydrogen) atoms. The van der Waals surface area contributed by atoms with Crippen molar-refractivity contribution >= 4 is 36.1 Å². The molecule has 0 N–H and O–H groups in total. The number of hydrogen-bond acceptors (Lipinski definition) is 3. The highest BCUT2D eigenvalue weighted by Crippen LogP contribution is 2.37. The van der Waals surface area contributed by atoms with Crippen LogP contribution in [0.25, 0.3) is 12.2 Å². The van der Waals surface area contributed by atoms with E-state index in [1.807, 2.05) is 48.6 Å². The molecule has 0 atom stereocenters. The quantitative estimate of drug-likeness (QED) is 0.495. The normalized spacial score (nSPS) is 12.3. The Bertz CT molecular complexity index is 746. The van der Waals surface area contributed by atoms with Crippen molar-refractivity contribution < 1.29 is 9.59 Å². The van der Waals surface area contributed by atoms with Gasteiger partial charge in [-0.1, -0.05) is 38.3 Å². The lowest BCUT2D eigenvalue weighted by molar-refractivity contribution is 0.111. The fourth-order valence-corrected chi connectivity index (χ4v) is 3.30. The van der Waals surface area contributed by atoms with Crippen molar-refractivity contribution in [3.8, 4) is 0 Å². The summed E-state index contributed by atoms with van der Waals surface area (Å²) in [5, 5.41) is 0. The average molecular weight is 333 g/mol. The van der Waals surface area contributed by atoms with Crippen LogP contribution in [-0.2, 0) is 0 Å². The van der Waals surface area contributed by atoms with Crippen LogP contribution in [-0.4, -0.2) is 19.1 Å². The third-order valence-electron chi connectivity index (χ3n) is 4.63. The van der Waals surface area contributed by atoms with E-state index < -0.39 is 0 Å². The van der Waals surface area contributed by atoms with Crippen LogP contribution in [0, 0.1) is 0 Å². The Hall–Kier alpha value is -2.68. The minimum atomic E-state index is 0.675. The molecule has 0 radical (unpaired) electrons. The summed E-state index contributed by atoms with van der Waals surface area (Å²) in [6.07, 6.45) is 10.6. The summed E-state index contributed by atoms with van der Waals surface area (Å²) in [4.78, 5) is 24.6. The predicted molar refractivity (Wildman–Crippen MR) is 104 cm³/mol. The van der Waals surface area contributed by atoms with Gasteiger partial charge in [0.2, 0.25) is 0 Å². The van der Waals surface area contributed by atoms with Gasteiger partial charge < -0.3 is 4.90 Å². The molecule has 1 aliphatic rings. The maximum Gasteiger partial charge on any atom is 0.150 e. The van der Waals surface area contributed by atoms with Gasteiger partial charge in [-0.2, -0.15) is 0 Å². The van der Waals surface area contributed by atoms with Crippen LogP contribution in [0.5, 0.6) is 0 Å². The summed E-state index contributed by atoms with van der Waals surface area (Å²) < 4.78 is 0. The van der Waals surface area contributed by atoms with Crippen molar-refractivity contribution in [3.63, 3.8) is 0 Å². The number of hydrogen-bond donors (Lipinski definition) is 0. The van der Waals surface area contributed by atoms with E-state index in [4.69, 9.17) is 0 Å². The molecule has 0 aromatic heterocycles. The van der Waals surface area contributed by atoms with E-state index >= 15 is 0 Å². The minimum absolute atomic E-state index is 0.675. The highest BCUT2D eigenvalue weighted by molar-refractivity contribution is 5.92. The number of aldehydes is 2. The van der Waals surface area contributed by atoms with Crippen molar-refractivity contribution in [1.29, 1.82) is 0 Å². The second kappa shape index (κ2) is 7.93. The van der Waals surface area contributed by atoms with Gasteiger partial charge >= 0.3 is 0 Å². The van der Waals surface area contributed by atoms with Gasteiger partial charge in [-0.15, -0.1) is 0 Å². The van der Waals surface area contributed by atoms with Crippen molar-refractivity contribution in [3.05, 3.63) is 58.7 Å². The molecule has 0 amide bonds. The van der Waals surface area contributed by atoms with E-state index in [1.165, 1.54) is 19.3 Å². The Balaban J connectivity index is 2.03. The fourth-order valence-electron chi connectivity index (χ4n) is 3.30. The molecular weight excluding hydrogens is 310 g/mol. The Kier molecular flexibility index (Phi) is 5.44. The summed E-state index contributed by atoms with van der Waals surface area (Å²) in [6, 6.07) is 11.6. The van der Waals surface area contributed by atoms with Gasteiger partial charge in [0, 0.05) is 29.0 Å². The van der Waals surface area contributed by atoms with E-state index in [0.717, 1.165) is 48.0 Å². The molecule has 0 unspecified atom stereocenters. The molecule has 3 nitrogen and oxygen atoms in total. The van der Waals surface area contributed by atoms with E-state index in [1.54, 1.807) is 0 Å². The second-order valence-corrected chi connectivity index (χ2v) is 6.42. The lowest BCUT2D eigenvalue weighted by Crippen LogP contribution is -2.20. The number of nitrogens with zero attached hydrogens (tertiary/aromatic N) is 1. The van der Waals surface area contributed by atoms with E-state index in [0.29, 0.717) is 11.1 Å². The number of fused-ring (bicyclic) bond motifs is 2. The van der Waals surface area contributed by atoms with Crippen molar-refractivity contribution in [2.45, 2.75) is 32.6 Å². The Morgan fingerprint density at radius 2 is 1.36 bits per heavy atom. The standard InChI is InChI=1S/C22H23NO2/c1-2-3-4-5-12-23-21-10-6-17(15-24)13-19(21)8-9-20-14-18(16-25)7-11-22(20)23/h6-11,13-16H,2-5,12H2,1H3. The molecule has 1 aliphatic heterocycles. The van der Waals surface area contributed by atoms with Gasteiger partial charge in [0.1, 0.15) is 12.6 Å². The molecule has 2 aromatic rings. The van der Waals surface area contributed by atoms with Gasteiger partial charge in [-0.3, -0.25) is 9.59 Å². The van der Waals surface area contributed by atoms with Gasteiger partial charge in [0.15, 0.2) is 0 Å². The maximum atomic E-state index is 11.1. The van der Waals surface area contributed by atoms with Crippen molar-refractivity contribution in [2.75, 3.05) is 11.4 Å². The molecule has 3 rings (SSSR count). The molecule has 2 aromatic carbocycles. The Labute approximate surface area is 149 Å². The van der Waals surface area contributed by atoms with Crippen LogP contribution < -0.4 is 4.90 Å². The van der Waals surface area contributed by atoms with Crippen LogP contribution in [0.3, 0.4) is 0 Å². The first-order valence-electron chi connectivity index (χ1n) is 8.91. The average Bonchev–Trinajstić information content (AvgIpc) is 2.81. The summed E-state index contributed by atoms with van der Waals surface area (Å²) >= 11 is 0. The zero-order valence-electron chi connectivity index (χ0n) is 14.6. The smallest absolute Gasteiger partial charge is 0.150 e. The third-order valence-corrected chi connectivity index (χ3v) is 4.63. The lowest BCUT2D eigenvalue weighted by Gasteiger charge is -2.27. The number of unbranched alkanes of at least 4 members (excludes halogenated alkanes) is 3. The Morgan fingerprint density at radius 3 is 1.84 bits per heavy atom. The monoisotopic (exact) mass is 333 g/mol. The van der Waals surface area contributed by atoms with Crippen LogP contribution in [0.15, 0.2) is 36.4 Å². The zero-order chi connectivity index (χ0) is 17.6. The first kappa shape index (κ1) is 17.2. The summed E-state index contributed by atoms with van der Waals surface area (Å²) in [7, 11) is 0. The molecule has 1 heterocycles. The molecular formula is C22H23NO2.